The first-order valence-electron chi connectivity index (χ1n) is 17.9. The van der Waals surface area contributed by atoms with Gasteiger partial charge < -0.3 is 0 Å². The maximum atomic E-state index is 6.79. The van der Waals surface area contributed by atoms with Crippen molar-refractivity contribution in [3.05, 3.63) is 193 Å². The van der Waals surface area contributed by atoms with E-state index in [1.165, 1.54) is 0 Å². The lowest BCUT2D eigenvalue weighted by atomic mass is 10.0. The van der Waals surface area contributed by atoms with Gasteiger partial charge in [-0.2, -0.15) is 0 Å². The predicted molar refractivity (Wildman–Crippen MR) is 222 cm³/mol. The SMILES string of the molecule is Clc1cnc(-c2cccc(-c3cc(-c4ccccc4)cc(-c4ccccc4)n3)n2)nc1-c1cccc(-c2cc(-c3ccccc3)cc(-c3ccccc3)n2)n1. The van der Waals surface area contributed by atoms with Gasteiger partial charge in [0.2, 0.25) is 0 Å². The summed E-state index contributed by atoms with van der Waals surface area (Å²) in [5.74, 6) is 0.423. The first-order valence-corrected chi connectivity index (χ1v) is 18.3. The molecule has 5 aromatic heterocycles. The fraction of sp³-hybridized carbons (Fsp3) is 0. The minimum Gasteiger partial charge on any atom is -0.246 e. The van der Waals surface area contributed by atoms with Crippen molar-refractivity contribution in [2.24, 2.45) is 0 Å². The molecule has 0 bridgehead atoms. The summed E-state index contributed by atoms with van der Waals surface area (Å²) in [6.07, 6.45) is 1.60. The van der Waals surface area contributed by atoms with Crippen LogP contribution in [0.4, 0.5) is 0 Å². The van der Waals surface area contributed by atoms with E-state index in [4.69, 9.17) is 36.5 Å². The van der Waals surface area contributed by atoms with Gasteiger partial charge in [0, 0.05) is 11.1 Å². The summed E-state index contributed by atoms with van der Waals surface area (Å²) in [5.41, 5.74) is 12.6. The number of rotatable bonds is 8. The quantitative estimate of drug-likeness (QED) is 0.155. The van der Waals surface area contributed by atoms with E-state index in [1.54, 1.807) is 6.20 Å². The standard InChI is InChI=1S/C48H31ClN6/c49-38-31-50-48(42-26-14-24-40(52-42)46-30-37(33-17-7-2-8-18-33)28-44(54-46)35-21-11-4-12-22-35)55-47(38)41-25-13-23-39(51-41)45-29-36(32-15-5-1-6-16-32)27-43(53-45)34-19-9-3-10-20-34/h1-31H. The fourth-order valence-electron chi connectivity index (χ4n) is 6.51. The first-order chi connectivity index (χ1) is 27.1. The summed E-state index contributed by atoms with van der Waals surface area (Å²) in [6, 6.07) is 60.9. The molecule has 0 amide bonds. The summed E-state index contributed by atoms with van der Waals surface area (Å²) in [4.78, 5) is 29.7. The molecule has 0 aliphatic rings. The summed E-state index contributed by atoms with van der Waals surface area (Å²) in [5, 5.41) is 0.380. The average molecular weight is 727 g/mol. The minimum absolute atomic E-state index is 0.380. The van der Waals surface area contributed by atoms with Crippen molar-refractivity contribution in [1.29, 1.82) is 0 Å². The Kier molecular flexibility index (Phi) is 9.22. The van der Waals surface area contributed by atoms with Gasteiger partial charge in [-0.3, -0.25) is 0 Å². The minimum atomic E-state index is 0.380. The van der Waals surface area contributed by atoms with E-state index in [0.717, 1.165) is 56.2 Å². The molecule has 260 valence electrons. The van der Waals surface area contributed by atoms with Crippen LogP contribution in [0.3, 0.4) is 0 Å². The number of hydrogen-bond acceptors (Lipinski definition) is 6. The molecular formula is C48H31ClN6. The van der Waals surface area contributed by atoms with Crippen LogP contribution in [0.1, 0.15) is 0 Å². The van der Waals surface area contributed by atoms with Crippen molar-refractivity contribution in [1.82, 2.24) is 29.9 Å². The Morgan fingerprint density at radius 1 is 0.291 bits per heavy atom. The summed E-state index contributed by atoms with van der Waals surface area (Å²) in [6.45, 7) is 0. The van der Waals surface area contributed by atoms with Crippen molar-refractivity contribution in [2.75, 3.05) is 0 Å². The highest BCUT2D eigenvalue weighted by molar-refractivity contribution is 6.32. The molecule has 9 aromatic rings. The van der Waals surface area contributed by atoms with E-state index in [0.29, 0.717) is 39.3 Å². The second-order valence-electron chi connectivity index (χ2n) is 12.9. The van der Waals surface area contributed by atoms with E-state index >= 15 is 0 Å². The summed E-state index contributed by atoms with van der Waals surface area (Å²) < 4.78 is 0. The van der Waals surface area contributed by atoms with Crippen LogP contribution >= 0.6 is 11.6 Å². The van der Waals surface area contributed by atoms with E-state index in [1.807, 2.05) is 109 Å². The molecule has 0 radical (unpaired) electrons. The molecule has 0 atom stereocenters. The van der Waals surface area contributed by atoms with Crippen LogP contribution in [-0.2, 0) is 0 Å². The zero-order valence-corrected chi connectivity index (χ0v) is 30.2. The largest absolute Gasteiger partial charge is 0.246 e. The van der Waals surface area contributed by atoms with Crippen molar-refractivity contribution < 1.29 is 0 Å². The van der Waals surface area contributed by atoms with Crippen LogP contribution < -0.4 is 0 Å². The van der Waals surface area contributed by atoms with Gasteiger partial charge in [0.05, 0.1) is 51.1 Å². The Hall–Kier alpha value is -7.15. The van der Waals surface area contributed by atoms with Gasteiger partial charge in [0.1, 0.15) is 11.4 Å². The van der Waals surface area contributed by atoms with Crippen LogP contribution in [0.2, 0.25) is 5.02 Å². The van der Waals surface area contributed by atoms with Crippen LogP contribution in [0, 0.1) is 0 Å². The van der Waals surface area contributed by atoms with Crippen LogP contribution in [-0.4, -0.2) is 29.9 Å². The molecule has 0 unspecified atom stereocenters. The van der Waals surface area contributed by atoms with Gasteiger partial charge in [-0.25, -0.2) is 29.9 Å². The molecular weight excluding hydrogens is 696 g/mol. The molecule has 55 heavy (non-hydrogen) atoms. The number of pyridine rings is 4. The maximum Gasteiger partial charge on any atom is 0.178 e. The molecule has 0 saturated heterocycles. The highest BCUT2D eigenvalue weighted by Crippen LogP contribution is 2.34. The topological polar surface area (TPSA) is 77.3 Å². The fourth-order valence-corrected chi connectivity index (χ4v) is 6.70. The van der Waals surface area contributed by atoms with E-state index in [2.05, 4.69) is 77.8 Å². The monoisotopic (exact) mass is 726 g/mol. The Labute approximate surface area is 324 Å². The molecule has 5 heterocycles. The lowest BCUT2D eigenvalue weighted by molar-refractivity contribution is 1.13. The number of aromatic nitrogens is 6. The van der Waals surface area contributed by atoms with Gasteiger partial charge in [-0.1, -0.05) is 145 Å². The van der Waals surface area contributed by atoms with Gasteiger partial charge in [-0.05, 0) is 70.8 Å². The number of benzene rings is 4. The Morgan fingerprint density at radius 3 is 1.16 bits per heavy atom. The number of nitrogens with zero attached hydrogens (tertiary/aromatic N) is 6. The molecule has 0 aliphatic heterocycles. The molecule has 0 spiro atoms. The maximum absolute atomic E-state index is 6.79. The van der Waals surface area contributed by atoms with E-state index in [9.17, 15) is 0 Å². The lowest BCUT2D eigenvalue weighted by Gasteiger charge is -2.12. The molecule has 6 nitrogen and oxygen atoms in total. The Balaban J connectivity index is 1.10. The Morgan fingerprint density at radius 2 is 0.673 bits per heavy atom. The average Bonchev–Trinajstić information content (AvgIpc) is 3.27. The van der Waals surface area contributed by atoms with Crippen molar-refractivity contribution in [3.63, 3.8) is 0 Å². The van der Waals surface area contributed by atoms with Crippen molar-refractivity contribution >= 4 is 11.6 Å². The molecule has 0 N–H and O–H groups in total. The van der Waals surface area contributed by atoms with E-state index < -0.39 is 0 Å². The van der Waals surface area contributed by atoms with Crippen molar-refractivity contribution in [3.8, 4) is 90.5 Å². The predicted octanol–water partition coefficient (Wildman–Crippen LogP) is 12.0. The molecule has 4 aromatic carbocycles. The smallest absolute Gasteiger partial charge is 0.178 e. The lowest BCUT2D eigenvalue weighted by Crippen LogP contribution is -1.99. The first kappa shape index (κ1) is 33.7. The highest BCUT2D eigenvalue weighted by atomic mass is 35.5. The van der Waals surface area contributed by atoms with Crippen LogP contribution in [0.15, 0.2) is 188 Å². The number of halogens is 1. The van der Waals surface area contributed by atoms with Crippen LogP contribution in [0.25, 0.3) is 90.5 Å². The van der Waals surface area contributed by atoms with Gasteiger partial charge in [0.15, 0.2) is 5.82 Å². The Bertz CT molecular complexity index is 2640. The summed E-state index contributed by atoms with van der Waals surface area (Å²) in [7, 11) is 0. The van der Waals surface area contributed by atoms with Crippen LogP contribution in [0.5, 0.6) is 0 Å². The zero-order chi connectivity index (χ0) is 37.0. The second kappa shape index (κ2) is 15.1. The third kappa shape index (κ3) is 7.27. The third-order valence-corrected chi connectivity index (χ3v) is 9.52. The van der Waals surface area contributed by atoms with Crippen molar-refractivity contribution in [2.45, 2.75) is 0 Å². The van der Waals surface area contributed by atoms with E-state index in [-0.39, 0.29) is 0 Å². The molecule has 7 heteroatoms. The zero-order valence-electron chi connectivity index (χ0n) is 29.5. The van der Waals surface area contributed by atoms with Gasteiger partial charge in [0.25, 0.3) is 0 Å². The molecule has 0 fully saturated rings. The van der Waals surface area contributed by atoms with Gasteiger partial charge >= 0.3 is 0 Å². The second-order valence-corrected chi connectivity index (χ2v) is 13.3. The summed E-state index contributed by atoms with van der Waals surface area (Å²) >= 11 is 6.79. The molecule has 0 saturated carbocycles. The third-order valence-electron chi connectivity index (χ3n) is 9.24. The normalized spacial score (nSPS) is 11.0. The highest BCUT2D eigenvalue weighted by Gasteiger charge is 2.16. The molecule has 0 aliphatic carbocycles. The van der Waals surface area contributed by atoms with Gasteiger partial charge in [-0.15, -0.1) is 0 Å². The number of hydrogen-bond donors (Lipinski definition) is 0. The molecule has 9 rings (SSSR count).